The number of aromatic amines is 1. The number of hydrogen-bond donors (Lipinski definition) is 2. The molecule has 0 aliphatic carbocycles. The summed E-state index contributed by atoms with van der Waals surface area (Å²) in [5.41, 5.74) is -1.25. The Morgan fingerprint density at radius 3 is 2.54 bits per heavy atom. The second kappa shape index (κ2) is 11.1. The van der Waals surface area contributed by atoms with Crippen LogP contribution in [0.5, 0.6) is 0 Å². The van der Waals surface area contributed by atoms with Crippen molar-refractivity contribution in [3.8, 4) is 0 Å². The number of rotatable bonds is 9. The van der Waals surface area contributed by atoms with Crippen LogP contribution in [0.15, 0.2) is 9.59 Å². The van der Waals surface area contributed by atoms with Gasteiger partial charge in [-0.1, -0.05) is 6.92 Å². The smallest absolute Gasteiger partial charge is 0.332 e. The van der Waals surface area contributed by atoms with E-state index in [4.69, 9.17) is 14.2 Å². The number of esters is 2. The normalized spacial score (nSPS) is 20.5. The molecule has 2 aromatic rings. The fourth-order valence-electron chi connectivity index (χ4n) is 4.12. The highest BCUT2D eigenvalue weighted by molar-refractivity contribution is 7.98. The molecule has 0 spiro atoms. The van der Waals surface area contributed by atoms with Crippen molar-refractivity contribution in [1.82, 2.24) is 19.1 Å². The van der Waals surface area contributed by atoms with Crippen LogP contribution in [0.2, 0.25) is 0 Å². The molecule has 1 saturated heterocycles. The molecule has 2 aromatic heterocycles. The molecule has 1 fully saturated rings. The van der Waals surface area contributed by atoms with Crippen molar-refractivity contribution in [3.05, 3.63) is 20.8 Å². The first kappa shape index (κ1) is 26.5. The van der Waals surface area contributed by atoms with Gasteiger partial charge in [0.1, 0.15) is 18.3 Å². The molecule has 0 aromatic carbocycles. The number of nitrogens with zero attached hydrogens (tertiary/aromatic N) is 3. The Balaban J connectivity index is 2.19. The van der Waals surface area contributed by atoms with Gasteiger partial charge in [-0.3, -0.25) is 34.0 Å². The van der Waals surface area contributed by atoms with Gasteiger partial charge in [0, 0.05) is 39.5 Å². The highest BCUT2D eigenvalue weighted by Crippen LogP contribution is 2.35. The summed E-state index contributed by atoms with van der Waals surface area (Å²) in [4.78, 5) is 68.2. The first-order valence-corrected chi connectivity index (χ1v) is 12.5. The van der Waals surface area contributed by atoms with Gasteiger partial charge in [0.25, 0.3) is 5.56 Å². The maximum atomic E-state index is 13.6. The van der Waals surface area contributed by atoms with Crippen molar-refractivity contribution < 1.29 is 28.6 Å². The standard InChI is InChI=1S/C21H29N5O8S/c1-6-13(32-11(3)28)14-9-15(33-12(4)29)19(34-14)26-17-16(25(21(26)31)7-8-35-5)18(30)24-20(23-17)22-10(2)27/h13-15,19H,6-9H2,1-5H3,(H2,22,23,24,27,30)/t13?,14-,15+,19+/m0/s1. The fourth-order valence-corrected chi connectivity index (χ4v) is 4.48. The third-order valence-electron chi connectivity index (χ3n) is 5.43. The van der Waals surface area contributed by atoms with E-state index in [1.807, 2.05) is 13.2 Å². The average Bonchev–Trinajstić information content (AvgIpc) is 3.27. The number of ether oxygens (including phenoxy) is 3. The molecule has 3 heterocycles. The third kappa shape index (κ3) is 5.75. The molecule has 1 aliphatic rings. The lowest BCUT2D eigenvalue weighted by Crippen LogP contribution is -2.34. The van der Waals surface area contributed by atoms with E-state index in [0.717, 1.165) is 4.57 Å². The topological polar surface area (TPSA) is 164 Å². The lowest BCUT2D eigenvalue weighted by Gasteiger charge is -2.22. The van der Waals surface area contributed by atoms with Crippen LogP contribution >= 0.6 is 11.8 Å². The molecule has 0 saturated carbocycles. The van der Waals surface area contributed by atoms with Gasteiger partial charge in [0.2, 0.25) is 11.9 Å². The summed E-state index contributed by atoms with van der Waals surface area (Å²) < 4.78 is 19.4. The lowest BCUT2D eigenvalue weighted by atomic mass is 10.1. The summed E-state index contributed by atoms with van der Waals surface area (Å²) >= 11 is 1.49. The summed E-state index contributed by atoms with van der Waals surface area (Å²) in [6, 6.07) is 0. The van der Waals surface area contributed by atoms with Crippen molar-refractivity contribution >= 4 is 46.7 Å². The molecule has 13 nitrogen and oxygen atoms in total. The number of imidazole rings is 1. The van der Waals surface area contributed by atoms with Crippen LogP contribution in [-0.4, -0.2) is 67.3 Å². The lowest BCUT2D eigenvalue weighted by molar-refractivity contribution is -0.158. The number of aryl methyl sites for hydroxylation is 1. The van der Waals surface area contributed by atoms with E-state index < -0.39 is 53.6 Å². The van der Waals surface area contributed by atoms with Gasteiger partial charge in [0.15, 0.2) is 17.4 Å². The van der Waals surface area contributed by atoms with E-state index in [2.05, 4.69) is 15.3 Å². The maximum Gasteiger partial charge on any atom is 0.332 e. The SMILES string of the molecule is CCC(OC(C)=O)[C@@H]1C[C@@H](OC(C)=O)[C@H](n2c(=O)n(CCSC)c3c(=O)[nH]c(NC(C)=O)nc32)O1. The predicted molar refractivity (Wildman–Crippen MR) is 127 cm³/mol. The van der Waals surface area contributed by atoms with E-state index in [9.17, 15) is 24.0 Å². The molecule has 192 valence electrons. The first-order valence-electron chi connectivity index (χ1n) is 11.1. The molecule has 4 atom stereocenters. The molecule has 1 amide bonds. The molecule has 1 aliphatic heterocycles. The molecule has 0 bridgehead atoms. The summed E-state index contributed by atoms with van der Waals surface area (Å²) in [5, 5.41) is 2.41. The van der Waals surface area contributed by atoms with Crippen LogP contribution in [0.25, 0.3) is 11.2 Å². The van der Waals surface area contributed by atoms with Crippen LogP contribution < -0.4 is 16.6 Å². The number of nitrogens with one attached hydrogen (secondary N) is 2. The Morgan fingerprint density at radius 2 is 1.97 bits per heavy atom. The number of aromatic nitrogens is 4. The quantitative estimate of drug-likeness (QED) is 0.460. The second-order valence-electron chi connectivity index (χ2n) is 8.07. The predicted octanol–water partition coefficient (Wildman–Crippen LogP) is 0.769. The van der Waals surface area contributed by atoms with Crippen LogP contribution in [0.1, 0.15) is 46.8 Å². The molecule has 1 unspecified atom stereocenters. The van der Waals surface area contributed by atoms with Gasteiger partial charge < -0.3 is 14.2 Å². The molecule has 3 rings (SSSR count). The summed E-state index contributed by atoms with van der Waals surface area (Å²) in [6.07, 6.45) is -0.916. The van der Waals surface area contributed by atoms with Crippen LogP contribution in [0.3, 0.4) is 0 Å². The van der Waals surface area contributed by atoms with Gasteiger partial charge in [-0.05, 0) is 12.7 Å². The van der Waals surface area contributed by atoms with Crippen molar-refractivity contribution in [1.29, 1.82) is 0 Å². The minimum absolute atomic E-state index is 0.00111. The molecule has 2 N–H and O–H groups in total. The number of H-pyrrole nitrogens is 1. The minimum atomic E-state index is -1.14. The average molecular weight is 512 g/mol. The Morgan fingerprint density at radius 1 is 1.26 bits per heavy atom. The largest absolute Gasteiger partial charge is 0.460 e. The maximum absolute atomic E-state index is 13.6. The van der Waals surface area contributed by atoms with Crippen molar-refractivity contribution in [2.75, 3.05) is 17.3 Å². The van der Waals surface area contributed by atoms with E-state index >= 15 is 0 Å². The zero-order chi connectivity index (χ0) is 25.9. The summed E-state index contributed by atoms with van der Waals surface area (Å²) in [6.45, 7) is 5.79. The van der Waals surface area contributed by atoms with Crippen molar-refractivity contribution in [2.45, 2.75) is 71.6 Å². The molecule has 35 heavy (non-hydrogen) atoms. The minimum Gasteiger partial charge on any atom is -0.460 e. The number of anilines is 1. The number of thioether (sulfide) groups is 1. The number of amides is 1. The Kier molecular flexibility index (Phi) is 8.38. The fraction of sp³-hybridized carbons (Fsp3) is 0.619. The van der Waals surface area contributed by atoms with Gasteiger partial charge in [-0.15, -0.1) is 0 Å². The van der Waals surface area contributed by atoms with Gasteiger partial charge in [0.05, 0.1) is 0 Å². The number of fused-ring (bicyclic) bond motifs is 1. The molecule has 14 heteroatoms. The Labute approximate surface area is 204 Å². The van der Waals surface area contributed by atoms with E-state index in [1.54, 1.807) is 0 Å². The van der Waals surface area contributed by atoms with Crippen molar-refractivity contribution in [3.63, 3.8) is 0 Å². The van der Waals surface area contributed by atoms with E-state index in [0.29, 0.717) is 12.2 Å². The van der Waals surface area contributed by atoms with Gasteiger partial charge in [-0.2, -0.15) is 16.7 Å². The summed E-state index contributed by atoms with van der Waals surface area (Å²) in [5.74, 6) is -1.15. The zero-order valence-corrected chi connectivity index (χ0v) is 21.0. The highest BCUT2D eigenvalue weighted by atomic mass is 32.2. The number of carbonyl (C=O) groups excluding carboxylic acids is 3. The highest BCUT2D eigenvalue weighted by Gasteiger charge is 2.45. The van der Waals surface area contributed by atoms with E-state index in [-0.39, 0.29) is 30.1 Å². The summed E-state index contributed by atoms with van der Waals surface area (Å²) in [7, 11) is 0. The van der Waals surface area contributed by atoms with Gasteiger partial charge in [-0.25, -0.2) is 9.36 Å². The van der Waals surface area contributed by atoms with Crippen LogP contribution in [0.4, 0.5) is 5.95 Å². The number of carbonyl (C=O) groups is 3. The third-order valence-corrected chi connectivity index (χ3v) is 6.02. The zero-order valence-electron chi connectivity index (χ0n) is 20.2. The first-order chi connectivity index (χ1) is 16.6. The van der Waals surface area contributed by atoms with Crippen LogP contribution in [-0.2, 0) is 35.1 Å². The number of hydrogen-bond acceptors (Lipinski definition) is 10. The molecule has 0 radical (unpaired) electrons. The molecular formula is C21H29N5O8S. The monoisotopic (exact) mass is 511 g/mol. The Hall–Kier alpha value is -3.13. The second-order valence-corrected chi connectivity index (χ2v) is 9.06. The van der Waals surface area contributed by atoms with E-state index in [1.165, 1.54) is 37.1 Å². The van der Waals surface area contributed by atoms with Crippen LogP contribution in [0, 0.1) is 0 Å². The Bertz CT molecular complexity index is 1230. The van der Waals surface area contributed by atoms with Crippen molar-refractivity contribution in [2.24, 2.45) is 0 Å². The molecular weight excluding hydrogens is 482 g/mol. The van der Waals surface area contributed by atoms with Gasteiger partial charge >= 0.3 is 17.6 Å².